The Bertz CT molecular complexity index is 966. The molecule has 0 spiro atoms. The van der Waals surface area contributed by atoms with Gasteiger partial charge in [-0.05, 0) is 62.7 Å². The predicted octanol–water partition coefficient (Wildman–Crippen LogP) is 4.55. The van der Waals surface area contributed by atoms with Crippen LogP contribution in [0.15, 0.2) is 42.5 Å². The lowest BCUT2D eigenvalue weighted by atomic mass is 10.2. The Kier molecular flexibility index (Phi) is 5.72. The topological polar surface area (TPSA) is 85.9 Å². The van der Waals surface area contributed by atoms with Crippen LogP contribution in [-0.4, -0.2) is 24.4 Å². The van der Waals surface area contributed by atoms with Gasteiger partial charge in [-0.15, -0.1) is 0 Å². The van der Waals surface area contributed by atoms with E-state index in [2.05, 4.69) is 10.6 Å². The molecular formula is C21H21FN2O5. The lowest BCUT2D eigenvalue weighted by Gasteiger charge is -2.20. The van der Waals surface area contributed by atoms with Gasteiger partial charge in [-0.2, -0.15) is 0 Å². The average Bonchev–Trinajstić information content (AvgIpc) is 3.08. The lowest BCUT2D eigenvalue weighted by molar-refractivity contribution is -0.111. The maximum atomic E-state index is 13.6. The number of hydrogen-bond acceptors (Lipinski definition) is 5. The molecule has 0 aliphatic carbocycles. The summed E-state index contributed by atoms with van der Waals surface area (Å²) in [5.41, 5.74) is 0.360. The zero-order chi connectivity index (χ0) is 21.0. The zero-order valence-electron chi connectivity index (χ0n) is 16.2. The van der Waals surface area contributed by atoms with Gasteiger partial charge in [-0.25, -0.2) is 9.18 Å². The standard InChI is InChI=1S/C21H21FN2O5/c1-21(2,3)29-20(26)24-15-7-6-14(22)11-16(15)23-19(25)9-5-13-4-8-17-18(10-13)28-12-27-17/h4-11H,12H2,1-3H3,(H,23,25)(H,24,26)/b9-5+. The van der Waals surface area contributed by atoms with Gasteiger partial charge in [-0.1, -0.05) is 6.07 Å². The summed E-state index contributed by atoms with van der Waals surface area (Å²) >= 11 is 0. The van der Waals surface area contributed by atoms with Crippen molar-refractivity contribution in [3.05, 3.63) is 53.9 Å². The third-order valence-electron chi connectivity index (χ3n) is 3.70. The number of rotatable bonds is 4. The first-order valence-corrected chi connectivity index (χ1v) is 8.88. The van der Waals surface area contributed by atoms with Crippen molar-refractivity contribution in [3.63, 3.8) is 0 Å². The van der Waals surface area contributed by atoms with E-state index < -0.39 is 23.4 Å². The number of carbonyl (C=O) groups is 2. The maximum Gasteiger partial charge on any atom is 0.412 e. The highest BCUT2D eigenvalue weighted by atomic mass is 19.1. The molecule has 0 radical (unpaired) electrons. The van der Waals surface area contributed by atoms with Crippen LogP contribution in [0.2, 0.25) is 0 Å². The Labute approximate surface area is 167 Å². The van der Waals surface area contributed by atoms with E-state index in [1.54, 1.807) is 45.0 Å². The monoisotopic (exact) mass is 400 g/mol. The molecule has 2 N–H and O–H groups in total. The first-order chi connectivity index (χ1) is 13.7. The summed E-state index contributed by atoms with van der Waals surface area (Å²) in [5, 5.41) is 5.05. The van der Waals surface area contributed by atoms with E-state index in [1.807, 2.05) is 0 Å². The highest BCUT2D eigenvalue weighted by Crippen LogP contribution is 2.32. The minimum Gasteiger partial charge on any atom is -0.454 e. The molecule has 0 bridgehead atoms. The van der Waals surface area contributed by atoms with Crippen LogP contribution in [-0.2, 0) is 9.53 Å². The summed E-state index contributed by atoms with van der Waals surface area (Å²) < 4.78 is 29.4. The molecule has 3 rings (SSSR count). The van der Waals surface area contributed by atoms with Gasteiger partial charge >= 0.3 is 6.09 Å². The summed E-state index contributed by atoms with van der Waals surface area (Å²) in [6.45, 7) is 5.33. The van der Waals surface area contributed by atoms with E-state index in [-0.39, 0.29) is 18.2 Å². The highest BCUT2D eigenvalue weighted by molar-refractivity contribution is 6.05. The molecule has 1 aliphatic rings. The Hall–Kier alpha value is -3.55. The van der Waals surface area contributed by atoms with Crippen LogP contribution in [0.5, 0.6) is 11.5 Å². The number of ether oxygens (including phenoxy) is 3. The maximum absolute atomic E-state index is 13.6. The SMILES string of the molecule is CC(C)(C)OC(=O)Nc1ccc(F)cc1NC(=O)/C=C/c1ccc2c(c1)OCO2. The molecule has 1 heterocycles. The number of carbonyl (C=O) groups excluding carboxylic acids is 2. The molecule has 0 aromatic heterocycles. The van der Waals surface area contributed by atoms with Gasteiger partial charge in [0.1, 0.15) is 11.4 Å². The second-order valence-electron chi connectivity index (χ2n) is 7.25. The fourth-order valence-corrected chi connectivity index (χ4v) is 2.51. The molecule has 2 amide bonds. The third-order valence-corrected chi connectivity index (χ3v) is 3.70. The second kappa shape index (κ2) is 8.22. The number of fused-ring (bicyclic) bond motifs is 1. The molecule has 7 nitrogen and oxygen atoms in total. The van der Waals surface area contributed by atoms with E-state index in [0.29, 0.717) is 11.5 Å². The largest absolute Gasteiger partial charge is 0.454 e. The Morgan fingerprint density at radius 1 is 1.03 bits per heavy atom. The van der Waals surface area contributed by atoms with Crippen LogP contribution in [0.1, 0.15) is 26.3 Å². The number of amides is 2. The van der Waals surface area contributed by atoms with E-state index in [4.69, 9.17) is 14.2 Å². The van der Waals surface area contributed by atoms with Crippen molar-refractivity contribution in [2.24, 2.45) is 0 Å². The van der Waals surface area contributed by atoms with Gasteiger partial charge in [0.15, 0.2) is 11.5 Å². The molecule has 0 atom stereocenters. The van der Waals surface area contributed by atoms with E-state index in [9.17, 15) is 14.0 Å². The molecule has 29 heavy (non-hydrogen) atoms. The summed E-state index contributed by atoms with van der Waals surface area (Å²) in [4.78, 5) is 24.3. The molecule has 0 saturated carbocycles. The zero-order valence-corrected chi connectivity index (χ0v) is 16.2. The fourth-order valence-electron chi connectivity index (χ4n) is 2.51. The minimum absolute atomic E-state index is 0.108. The quantitative estimate of drug-likeness (QED) is 0.735. The molecular weight excluding hydrogens is 379 g/mol. The Balaban J connectivity index is 1.69. The van der Waals surface area contributed by atoms with Crippen LogP contribution in [0.4, 0.5) is 20.6 Å². The number of benzene rings is 2. The predicted molar refractivity (Wildman–Crippen MR) is 106 cm³/mol. The second-order valence-corrected chi connectivity index (χ2v) is 7.25. The normalized spacial score (nSPS) is 12.7. The molecule has 0 saturated heterocycles. The van der Waals surface area contributed by atoms with Gasteiger partial charge in [0.2, 0.25) is 12.7 Å². The van der Waals surface area contributed by atoms with E-state index >= 15 is 0 Å². The van der Waals surface area contributed by atoms with Crippen molar-refractivity contribution in [2.75, 3.05) is 17.4 Å². The third kappa shape index (κ3) is 5.71. The van der Waals surface area contributed by atoms with Gasteiger partial charge in [-0.3, -0.25) is 10.1 Å². The fraction of sp³-hybridized carbons (Fsp3) is 0.238. The molecule has 0 fully saturated rings. The summed E-state index contributed by atoms with van der Waals surface area (Å²) in [6.07, 6.45) is 2.16. The van der Waals surface area contributed by atoms with Crippen LogP contribution < -0.4 is 20.1 Å². The van der Waals surface area contributed by atoms with Crippen molar-refractivity contribution >= 4 is 29.5 Å². The van der Waals surface area contributed by atoms with Crippen LogP contribution >= 0.6 is 0 Å². The van der Waals surface area contributed by atoms with Crippen molar-refractivity contribution in [2.45, 2.75) is 26.4 Å². The number of hydrogen-bond donors (Lipinski definition) is 2. The molecule has 2 aromatic rings. The number of halogens is 1. The molecule has 1 aliphatic heterocycles. The van der Waals surface area contributed by atoms with Crippen molar-refractivity contribution in [1.82, 2.24) is 0 Å². The van der Waals surface area contributed by atoms with E-state index in [0.717, 1.165) is 11.6 Å². The van der Waals surface area contributed by atoms with Crippen molar-refractivity contribution < 1.29 is 28.2 Å². The Morgan fingerprint density at radius 3 is 2.55 bits per heavy atom. The highest BCUT2D eigenvalue weighted by Gasteiger charge is 2.18. The molecule has 2 aromatic carbocycles. The first kappa shape index (κ1) is 20.2. The van der Waals surface area contributed by atoms with E-state index in [1.165, 1.54) is 18.2 Å². The van der Waals surface area contributed by atoms with Gasteiger partial charge < -0.3 is 19.5 Å². The smallest absolute Gasteiger partial charge is 0.412 e. The summed E-state index contributed by atoms with van der Waals surface area (Å²) in [7, 11) is 0. The summed E-state index contributed by atoms with van der Waals surface area (Å²) in [6, 6.07) is 8.88. The van der Waals surface area contributed by atoms with Gasteiger partial charge in [0.25, 0.3) is 0 Å². The van der Waals surface area contributed by atoms with Crippen LogP contribution in [0, 0.1) is 5.82 Å². The van der Waals surface area contributed by atoms with Crippen molar-refractivity contribution in [1.29, 1.82) is 0 Å². The number of nitrogens with one attached hydrogen (secondary N) is 2. The average molecular weight is 400 g/mol. The van der Waals surface area contributed by atoms with Gasteiger partial charge in [0.05, 0.1) is 11.4 Å². The lowest BCUT2D eigenvalue weighted by Crippen LogP contribution is -2.27. The van der Waals surface area contributed by atoms with Crippen LogP contribution in [0.3, 0.4) is 0 Å². The number of anilines is 2. The molecule has 8 heteroatoms. The van der Waals surface area contributed by atoms with Gasteiger partial charge in [0, 0.05) is 6.08 Å². The van der Waals surface area contributed by atoms with Crippen molar-refractivity contribution in [3.8, 4) is 11.5 Å². The summed E-state index contributed by atoms with van der Waals surface area (Å²) in [5.74, 6) is 0.182. The minimum atomic E-state index is -0.712. The Morgan fingerprint density at radius 2 is 1.79 bits per heavy atom. The first-order valence-electron chi connectivity index (χ1n) is 8.88. The molecule has 152 valence electrons. The molecule has 0 unspecified atom stereocenters. The van der Waals surface area contributed by atoms with Crippen LogP contribution in [0.25, 0.3) is 6.08 Å².